The lowest BCUT2D eigenvalue weighted by Crippen LogP contribution is -2.36. The lowest BCUT2D eigenvalue weighted by molar-refractivity contribution is -0.137. The van der Waals surface area contributed by atoms with Gasteiger partial charge in [0.1, 0.15) is 11.0 Å². The molecule has 1 fully saturated rings. The second-order valence-corrected chi connectivity index (χ2v) is 5.94. The molecule has 118 valence electrons. The highest BCUT2D eigenvalue weighted by atomic mass is 35.5. The molecule has 0 radical (unpaired) electrons. The molecule has 21 heavy (non-hydrogen) atoms. The number of hydrogen-bond donors (Lipinski definition) is 2. The van der Waals surface area contributed by atoms with Crippen LogP contribution in [0.3, 0.4) is 0 Å². The molecular weight excluding hydrogens is 305 g/mol. The van der Waals surface area contributed by atoms with E-state index in [0.29, 0.717) is 12.8 Å². The summed E-state index contributed by atoms with van der Waals surface area (Å²) in [5, 5.41) is 13.0. The highest BCUT2D eigenvalue weighted by molar-refractivity contribution is 6.29. The maximum atomic E-state index is 12.7. The van der Waals surface area contributed by atoms with E-state index in [9.17, 15) is 18.3 Å². The number of halogens is 4. The fourth-order valence-electron chi connectivity index (χ4n) is 2.57. The molecule has 0 atom stereocenters. The predicted octanol–water partition coefficient (Wildman–Crippen LogP) is 4.25. The van der Waals surface area contributed by atoms with Crippen molar-refractivity contribution in [2.75, 3.05) is 11.9 Å². The Labute approximate surface area is 126 Å². The van der Waals surface area contributed by atoms with E-state index in [1.807, 2.05) is 0 Å². The molecule has 0 amide bonds. The van der Waals surface area contributed by atoms with Crippen LogP contribution in [0.15, 0.2) is 12.1 Å². The summed E-state index contributed by atoms with van der Waals surface area (Å²) in [5.41, 5.74) is -1.74. The number of anilines is 1. The van der Waals surface area contributed by atoms with E-state index in [1.54, 1.807) is 0 Å². The van der Waals surface area contributed by atoms with Gasteiger partial charge in [-0.25, -0.2) is 4.98 Å². The van der Waals surface area contributed by atoms with Crippen molar-refractivity contribution in [3.05, 3.63) is 22.8 Å². The fourth-order valence-corrected chi connectivity index (χ4v) is 2.78. The van der Waals surface area contributed by atoms with E-state index in [-0.39, 0.29) is 17.5 Å². The van der Waals surface area contributed by atoms with Gasteiger partial charge in [-0.15, -0.1) is 0 Å². The van der Waals surface area contributed by atoms with Gasteiger partial charge in [-0.3, -0.25) is 0 Å². The lowest BCUT2D eigenvalue weighted by atomic mass is 9.94. The van der Waals surface area contributed by atoms with E-state index in [4.69, 9.17) is 11.6 Å². The molecule has 2 N–H and O–H groups in total. The van der Waals surface area contributed by atoms with Crippen molar-refractivity contribution in [1.82, 2.24) is 4.98 Å². The third-order valence-electron chi connectivity index (χ3n) is 3.75. The minimum Gasteiger partial charge on any atom is -0.388 e. The zero-order valence-corrected chi connectivity index (χ0v) is 12.3. The van der Waals surface area contributed by atoms with E-state index >= 15 is 0 Å². The van der Waals surface area contributed by atoms with Crippen LogP contribution in [-0.4, -0.2) is 22.2 Å². The van der Waals surface area contributed by atoms with Gasteiger partial charge in [0.15, 0.2) is 0 Å². The molecule has 3 nitrogen and oxygen atoms in total. The Bertz CT molecular complexity index is 486. The maximum Gasteiger partial charge on any atom is 0.416 e. The molecule has 0 bridgehead atoms. The Kier molecular flexibility index (Phi) is 4.99. The number of rotatable bonds is 3. The molecule has 0 saturated heterocycles. The summed E-state index contributed by atoms with van der Waals surface area (Å²) in [6.07, 6.45) is 0.831. The predicted molar refractivity (Wildman–Crippen MR) is 75.4 cm³/mol. The molecule has 1 aromatic heterocycles. The van der Waals surface area contributed by atoms with Crippen molar-refractivity contribution in [2.45, 2.75) is 50.3 Å². The highest BCUT2D eigenvalue weighted by Gasteiger charge is 2.32. The second-order valence-electron chi connectivity index (χ2n) is 5.55. The SMILES string of the molecule is OC1(CNc2cc(C(F)(F)F)cc(Cl)n2)CCCCCC1. The number of aromatic nitrogens is 1. The number of alkyl halides is 3. The Morgan fingerprint density at radius 1 is 1.19 bits per heavy atom. The average molecular weight is 323 g/mol. The number of nitrogens with one attached hydrogen (secondary N) is 1. The van der Waals surface area contributed by atoms with Gasteiger partial charge < -0.3 is 10.4 Å². The third kappa shape index (κ3) is 4.74. The zero-order chi connectivity index (χ0) is 15.5. The van der Waals surface area contributed by atoms with Crippen molar-refractivity contribution in [1.29, 1.82) is 0 Å². The van der Waals surface area contributed by atoms with Gasteiger partial charge in [0.05, 0.1) is 11.2 Å². The van der Waals surface area contributed by atoms with E-state index in [2.05, 4.69) is 10.3 Å². The Hall–Kier alpha value is -1.01. The van der Waals surface area contributed by atoms with Gasteiger partial charge in [-0.2, -0.15) is 13.2 Å². The van der Waals surface area contributed by atoms with Crippen molar-refractivity contribution in [3.63, 3.8) is 0 Å². The normalized spacial score (nSPS) is 19.1. The first kappa shape index (κ1) is 16.4. The summed E-state index contributed by atoms with van der Waals surface area (Å²) in [4.78, 5) is 3.83. The van der Waals surface area contributed by atoms with Crippen molar-refractivity contribution >= 4 is 17.4 Å². The van der Waals surface area contributed by atoms with Gasteiger partial charge in [0.2, 0.25) is 0 Å². The van der Waals surface area contributed by atoms with Crippen LogP contribution in [0.5, 0.6) is 0 Å². The van der Waals surface area contributed by atoms with Crippen LogP contribution in [0.4, 0.5) is 19.0 Å². The monoisotopic (exact) mass is 322 g/mol. The third-order valence-corrected chi connectivity index (χ3v) is 3.95. The van der Waals surface area contributed by atoms with Crippen LogP contribution in [0.1, 0.15) is 44.1 Å². The maximum absolute atomic E-state index is 12.7. The summed E-state index contributed by atoms with van der Waals surface area (Å²) in [7, 11) is 0. The smallest absolute Gasteiger partial charge is 0.388 e. The van der Waals surface area contributed by atoms with E-state index in [1.165, 1.54) is 0 Å². The Morgan fingerprint density at radius 2 is 1.81 bits per heavy atom. The van der Waals surface area contributed by atoms with Crippen LogP contribution < -0.4 is 5.32 Å². The van der Waals surface area contributed by atoms with Gasteiger partial charge in [0.25, 0.3) is 0 Å². The van der Waals surface area contributed by atoms with E-state index in [0.717, 1.165) is 37.8 Å². The molecule has 1 aliphatic carbocycles. The largest absolute Gasteiger partial charge is 0.416 e. The molecular formula is C14H18ClF3N2O. The van der Waals surface area contributed by atoms with Crippen LogP contribution in [0, 0.1) is 0 Å². The molecule has 0 aromatic carbocycles. The summed E-state index contributed by atoms with van der Waals surface area (Å²) in [6.45, 7) is 0.178. The zero-order valence-electron chi connectivity index (χ0n) is 11.5. The fraction of sp³-hybridized carbons (Fsp3) is 0.643. The summed E-state index contributed by atoms with van der Waals surface area (Å²) >= 11 is 5.62. The summed E-state index contributed by atoms with van der Waals surface area (Å²) < 4.78 is 38.1. The first-order valence-electron chi connectivity index (χ1n) is 7.00. The Morgan fingerprint density at radius 3 is 2.38 bits per heavy atom. The standard InChI is InChI=1S/C14H18ClF3N2O/c15-11-7-10(14(16,17)18)8-12(20-11)19-9-13(21)5-3-1-2-4-6-13/h7-8,21H,1-6,9H2,(H,19,20). The summed E-state index contributed by atoms with van der Waals surface area (Å²) in [6, 6.07) is 1.69. The van der Waals surface area contributed by atoms with Crippen molar-refractivity contribution < 1.29 is 18.3 Å². The van der Waals surface area contributed by atoms with Crippen molar-refractivity contribution in [2.24, 2.45) is 0 Å². The molecule has 0 unspecified atom stereocenters. The molecule has 1 saturated carbocycles. The minimum absolute atomic E-state index is 0.0347. The number of aliphatic hydroxyl groups is 1. The summed E-state index contributed by atoms with van der Waals surface area (Å²) in [5.74, 6) is 0.0347. The average Bonchev–Trinajstić information content (AvgIpc) is 2.60. The molecule has 0 spiro atoms. The number of hydrogen-bond acceptors (Lipinski definition) is 3. The number of nitrogens with zero attached hydrogens (tertiary/aromatic N) is 1. The van der Waals surface area contributed by atoms with Crippen LogP contribution >= 0.6 is 11.6 Å². The molecule has 1 aromatic rings. The van der Waals surface area contributed by atoms with Gasteiger partial charge in [-0.05, 0) is 25.0 Å². The highest BCUT2D eigenvalue weighted by Crippen LogP contribution is 2.32. The minimum atomic E-state index is -4.47. The molecule has 1 aliphatic rings. The molecule has 1 heterocycles. The molecule has 7 heteroatoms. The van der Waals surface area contributed by atoms with Gasteiger partial charge in [-0.1, -0.05) is 37.3 Å². The van der Waals surface area contributed by atoms with E-state index < -0.39 is 17.3 Å². The molecule has 0 aliphatic heterocycles. The van der Waals surface area contributed by atoms with Crippen LogP contribution in [0.2, 0.25) is 5.15 Å². The van der Waals surface area contributed by atoms with Gasteiger partial charge >= 0.3 is 6.18 Å². The lowest BCUT2D eigenvalue weighted by Gasteiger charge is -2.27. The number of pyridine rings is 1. The second kappa shape index (κ2) is 6.40. The Balaban J connectivity index is 2.07. The molecule has 2 rings (SSSR count). The van der Waals surface area contributed by atoms with Crippen LogP contribution in [0.25, 0.3) is 0 Å². The first-order chi connectivity index (χ1) is 9.78. The quantitative estimate of drug-likeness (QED) is 0.646. The van der Waals surface area contributed by atoms with Crippen molar-refractivity contribution in [3.8, 4) is 0 Å². The van der Waals surface area contributed by atoms with Gasteiger partial charge in [0, 0.05) is 6.54 Å². The topological polar surface area (TPSA) is 45.1 Å². The van der Waals surface area contributed by atoms with Crippen LogP contribution in [-0.2, 0) is 6.18 Å². The first-order valence-corrected chi connectivity index (χ1v) is 7.37.